The molecule has 1 aliphatic heterocycles. The summed E-state index contributed by atoms with van der Waals surface area (Å²) in [6.45, 7) is 6.72. The number of carbonyl (C=O) groups excluding carboxylic acids is 5. The summed E-state index contributed by atoms with van der Waals surface area (Å²) in [6.07, 6.45) is -10.1. The molecule has 4 aromatic rings. The van der Waals surface area contributed by atoms with E-state index in [1.54, 1.807) is 99.6 Å². The first-order valence-electron chi connectivity index (χ1n) is 22.7. The first-order chi connectivity index (χ1) is 32.4. The van der Waals surface area contributed by atoms with Crippen LogP contribution in [0, 0.1) is 16.7 Å². The molecule has 0 aromatic heterocycles. The number of esters is 3. The molecule has 1 saturated heterocycles. The Bertz CT molecular complexity index is 2540. The maximum Gasteiger partial charge on any atom is 0.338 e. The van der Waals surface area contributed by atoms with Crippen molar-refractivity contribution >= 4 is 29.6 Å². The van der Waals surface area contributed by atoms with E-state index in [1.165, 1.54) is 26.0 Å². The molecular formula is C53H57NO14. The summed E-state index contributed by atoms with van der Waals surface area (Å²) in [4.78, 5) is 71.6. The third-order valence-corrected chi connectivity index (χ3v) is 14.6. The van der Waals surface area contributed by atoms with Crippen molar-refractivity contribution in [2.45, 2.75) is 108 Å². The van der Waals surface area contributed by atoms with Crippen LogP contribution in [0.25, 0.3) is 0 Å². The van der Waals surface area contributed by atoms with Gasteiger partial charge in [-0.3, -0.25) is 14.4 Å². The fraction of sp³-hybridized carbons (Fsp3) is 0.415. The molecule has 1 amide bonds. The fourth-order valence-corrected chi connectivity index (χ4v) is 10.9. The molecule has 0 radical (unpaired) electrons. The summed E-state index contributed by atoms with van der Waals surface area (Å²) in [5.74, 6) is -5.62. The molecule has 2 bridgehead atoms. The Hall–Kier alpha value is -6.07. The lowest BCUT2D eigenvalue weighted by atomic mass is 9.44. The van der Waals surface area contributed by atoms with Gasteiger partial charge in [0, 0.05) is 30.7 Å². The van der Waals surface area contributed by atoms with E-state index >= 15 is 9.59 Å². The number of aliphatic hydroxyl groups is 3. The number of amides is 1. The Balaban J connectivity index is 1.23. The quantitative estimate of drug-likeness (QED) is 0.0412. The SMILES string of the molecule is CC(=O)O[C@@]12CO[C@@H]1C[C@H](O)[C@@]1(C)C(=O)[C@H](O)C3=C(C)[C@@H](OC(=O)[C@H](OCOCc4ccccc4)[C@@H](NC(=O)c4ccccc4)c4ccccc4)C[C@@](O)(C(OC(=O)c4ccccc4)C12)C3(C)C. The summed E-state index contributed by atoms with van der Waals surface area (Å²) < 4.78 is 37.0. The smallest absolute Gasteiger partial charge is 0.338 e. The molecular weight excluding hydrogens is 875 g/mol. The largest absolute Gasteiger partial charge is 0.456 e. The lowest BCUT2D eigenvalue weighted by molar-refractivity contribution is -0.346. The zero-order valence-electron chi connectivity index (χ0n) is 38.5. The Kier molecular flexibility index (Phi) is 13.6. The zero-order chi connectivity index (χ0) is 48.6. The number of ether oxygens (including phenoxy) is 6. The number of benzene rings is 4. The summed E-state index contributed by atoms with van der Waals surface area (Å²) in [5, 5.41) is 41.2. The minimum atomic E-state index is -2.36. The van der Waals surface area contributed by atoms with Gasteiger partial charge in [-0.15, -0.1) is 0 Å². The highest BCUT2D eigenvalue weighted by molar-refractivity contribution is 5.95. The Labute approximate surface area is 394 Å². The van der Waals surface area contributed by atoms with Crippen LogP contribution >= 0.6 is 0 Å². The number of hydrogen-bond donors (Lipinski definition) is 4. The van der Waals surface area contributed by atoms with Crippen molar-refractivity contribution < 1.29 is 67.7 Å². The number of Topliss-reactive ketones (excluding diaryl/α,β-unsaturated/α-hetero) is 1. The molecule has 11 atom stereocenters. The van der Waals surface area contributed by atoms with Gasteiger partial charge in [-0.1, -0.05) is 111 Å². The number of nitrogens with one attached hydrogen (secondary N) is 1. The molecule has 15 nitrogen and oxygen atoms in total. The Morgan fingerprint density at radius 3 is 2.00 bits per heavy atom. The highest BCUT2D eigenvalue weighted by Gasteiger charge is 2.78. The predicted molar refractivity (Wildman–Crippen MR) is 243 cm³/mol. The van der Waals surface area contributed by atoms with E-state index < -0.39 is 113 Å². The number of carbonyl (C=O) groups is 5. The molecule has 2 unspecified atom stereocenters. The third-order valence-electron chi connectivity index (χ3n) is 14.6. The molecule has 68 heavy (non-hydrogen) atoms. The predicted octanol–water partition coefficient (Wildman–Crippen LogP) is 5.36. The average molecular weight is 932 g/mol. The minimum absolute atomic E-state index is 0.0316. The van der Waals surface area contributed by atoms with Crippen LogP contribution in [-0.4, -0.2) is 106 Å². The molecule has 2 saturated carbocycles. The van der Waals surface area contributed by atoms with E-state index in [0.717, 1.165) is 5.56 Å². The van der Waals surface area contributed by atoms with E-state index in [2.05, 4.69) is 5.32 Å². The molecule has 15 heteroatoms. The average Bonchev–Trinajstić information content (AvgIpc) is 3.33. The molecule has 3 fully saturated rings. The van der Waals surface area contributed by atoms with Gasteiger partial charge in [0.1, 0.15) is 36.8 Å². The monoisotopic (exact) mass is 931 g/mol. The molecule has 4 N–H and O–H groups in total. The maximum atomic E-state index is 15.2. The third kappa shape index (κ3) is 8.56. The van der Waals surface area contributed by atoms with E-state index in [1.807, 2.05) is 30.3 Å². The molecule has 0 spiro atoms. The summed E-state index contributed by atoms with van der Waals surface area (Å²) in [6, 6.07) is 33.1. The van der Waals surface area contributed by atoms with E-state index in [0.29, 0.717) is 11.1 Å². The van der Waals surface area contributed by atoms with Gasteiger partial charge in [-0.2, -0.15) is 0 Å². The molecule has 4 aliphatic rings. The first kappa shape index (κ1) is 48.4. The van der Waals surface area contributed by atoms with Crippen LogP contribution in [0.4, 0.5) is 0 Å². The van der Waals surface area contributed by atoms with Crippen LogP contribution in [0.1, 0.15) is 85.3 Å². The highest BCUT2D eigenvalue weighted by Crippen LogP contribution is 2.64. The van der Waals surface area contributed by atoms with Crippen molar-refractivity contribution in [1.82, 2.24) is 5.32 Å². The second kappa shape index (κ2) is 19.1. The van der Waals surface area contributed by atoms with Gasteiger partial charge >= 0.3 is 17.9 Å². The van der Waals surface area contributed by atoms with Gasteiger partial charge in [-0.05, 0) is 60.4 Å². The van der Waals surface area contributed by atoms with Crippen LogP contribution in [0.5, 0.6) is 0 Å². The number of aliphatic hydroxyl groups excluding tert-OH is 2. The van der Waals surface area contributed by atoms with E-state index in [9.17, 15) is 29.7 Å². The summed E-state index contributed by atoms with van der Waals surface area (Å²) in [5.41, 5.74) is -5.88. The van der Waals surface area contributed by atoms with Crippen molar-refractivity contribution in [3.63, 3.8) is 0 Å². The van der Waals surface area contributed by atoms with Crippen molar-refractivity contribution in [2.24, 2.45) is 16.7 Å². The number of ketones is 1. The topological polar surface area (TPSA) is 213 Å². The van der Waals surface area contributed by atoms with Crippen LogP contribution in [0.3, 0.4) is 0 Å². The highest BCUT2D eigenvalue weighted by atomic mass is 16.7. The summed E-state index contributed by atoms with van der Waals surface area (Å²) >= 11 is 0. The second-order valence-electron chi connectivity index (χ2n) is 18.9. The summed E-state index contributed by atoms with van der Waals surface area (Å²) in [7, 11) is 0. The van der Waals surface area contributed by atoms with Crippen molar-refractivity contribution in [1.29, 1.82) is 0 Å². The fourth-order valence-electron chi connectivity index (χ4n) is 10.9. The molecule has 8 rings (SSSR count). The molecule has 3 aliphatic carbocycles. The maximum absolute atomic E-state index is 15.2. The van der Waals surface area contributed by atoms with E-state index in [-0.39, 0.29) is 36.3 Å². The molecule has 358 valence electrons. The van der Waals surface area contributed by atoms with E-state index in [4.69, 9.17) is 28.4 Å². The molecule has 1 heterocycles. The minimum Gasteiger partial charge on any atom is -0.456 e. The van der Waals surface area contributed by atoms with Gasteiger partial charge in [0.2, 0.25) is 0 Å². The number of rotatable bonds is 14. The Morgan fingerprint density at radius 2 is 1.41 bits per heavy atom. The number of fused-ring (bicyclic) bond motifs is 5. The van der Waals surface area contributed by atoms with Crippen LogP contribution < -0.4 is 5.32 Å². The van der Waals surface area contributed by atoms with Gasteiger partial charge in [0.15, 0.2) is 17.5 Å². The molecule has 4 aromatic carbocycles. The lowest BCUT2D eigenvalue weighted by Crippen LogP contribution is -2.81. The first-order valence-corrected chi connectivity index (χ1v) is 22.7. The van der Waals surface area contributed by atoms with Crippen LogP contribution in [0.2, 0.25) is 0 Å². The van der Waals surface area contributed by atoms with Crippen LogP contribution in [-0.2, 0) is 49.4 Å². The van der Waals surface area contributed by atoms with Gasteiger partial charge in [0.05, 0.1) is 42.3 Å². The Morgan fingerprint density at radius 1 is 0.824 bits per heavy atom. The van der Waals surface area contributed by atoms with Gasteiger partial charge in [0.25, 0.3) is 5.91 Å². The second-order valence-corrected chi connectivity index (χ2v) is 18.9. The van der Waals surface area contributed by atoms with Crippen molar-refractivity contribution in [2.75, 3.05) is 13.4 Å². The van der Waals surface area contributed by atoms with Crippen molar-refractivity contribution in [3.8, 4) is 0 Å². The zero-order valence-corrected chi connectivity index (χ0v) is 38.5. The van der Waals surface area contributed by atoms with Gasteiger partial charge in [-0.25, -0.2) is 9.59 Å². The number of hydrogen-bond acceptors (Lipinski definition) is 14. The van der Waals surface area contributed by atoms with Gasteiger partial charge < -0.3 is 49.1 Å². The normalized spacial score (nSPS) is 30.1. The van der Waals surface area contributed by atoms with Crippen LogP contribution in [0.15, 0.2) is 132 Å². The lowest BCUT2D eigenvalue weighted by Gasteiger charge is -2.67. The standard InChI is InChI=1S/C53H57NO14/c1-31-37(66-49(61)43(65-30-63-28-33-18-10-6-11-19-33)41(34-20-12-7-13-21-34)54-47(59)35-22-14-8-15-23-35)27-53(62)46(67-48(60)36-24-16-9-17-25-36)44-51(5,45(58)42(57)40(31)50(53,3)4)38(56)26-39-52(44,29-64-39)68-32(2)55/h6-25,37-39,41-44,46,56-57,62H,26-30H2,1-5H3,(H,54,59)/t37-,38-,39+,41-,42+,43+,44?,46?,51+,52-,53+/m0/s1. The van der Waals surface area contributed by atoms with Crippen molar-refractivity contribution in [3.05, 3.63) is 155 Å².